The molecule has 0 bridgehead atoms. The minimum atomic E-state index is -4.01. The summed E-state index contributed by atoms with van der Waals surface area (Å²) in [6.45, 7) is 4.40. The first-order valence-corrected chi connectivity index (χ1v) is 6.58. The summed E-state index contributed by atoms with van der Waals surface area (Å²) in [5, 5.41) is 5.42. The lowest BCUT2D eigenvalue weighted by Crippen LogP contribution is -2.28. The Balaban J connectivity index is 0. The average molecular weight is 379 g/mol. The van der Waals surface area contributed by atoms with Crippen LogP contribution in [0.2, 0.25) is 0 Å². The Morgan fingerprint density at radius 3 is 1.00 bits per heavy atom. The Bertz CT molecular complexity index is 281. The van der Waals surface area contributed by atoms with Crippen LogP contribution in [0.25, 0.3) is 0 Å². The lowest BCUT2D eigenvalue weighted by molar-refractivity contribution is -0.178. The third-order valence-corrected chi connectivity index (χ3v) is 3.88. The molecule has 0 unspecified atom stereocenters. The molecule has 2 heterocycles. The van der Waals surface area contributed by atoms with Crippen molar-refractivity contribution in [3.05, 3.63) is 0 Å². The maximum absolute atomic E-state index is 12.0. The SMILES string of the molecule is C[C@@H]1CNC[C@H]1C(F)(F)F.C[C@H]1CNC[C@@H]1C(F)(F)F.Cl.Cl. The average Bonchev–Trinajstić information content (AvgIpc) is 2.85. The zero-order valence-corrected chi connectivity index (χ0v) is 13.9. The molecule has 2 aliphatic heterocycles. The molecule has 0 aliphatic carbocycles. The molecule has 0 saturated carbocycles. The Kier molecular flexibility index (Phi) is 10.4. The molecule has 2 rings (SSSR count). The fraction of sp³-hybridized carbons (Fsp3) is 1.00. The molecule has 2 saturated heterocycles. The molecule has 0 aromatic rings. The summed E-state index contributed by atoms with van der Waals surface area (Å²) in [4.78, 5) is 0. The van der Waals surface area contributed by atoms with Crippen molar-refractivity contribution < 1.29 is 26.3 Å². The first-order valence-electron chi connectivity index (χ1n) is 6.58. The molecule has 22 heavy (non-hydrogen) atoms. The van der Waals surface area contributed by atoms with Gasteiger partial charge in [-0.25, -0.2) is 0 Å². The Hall–Kier alpha value is 0.0800. The van der Waals surface area contributed by atoms with Crippen LogP contribution in [0.3, 0.4) is 0 Å². The van der Waals surface area contributed by atoms with E-state index in [2.05, 4.69) is 10.6 Å². The van der Waals surface area contributed by atoms with Crippen LogP contribution in [0.4, 0.5) is 26.3 Å². The summed E-state index contributed by atoms with van der Waals surface area (Å²) in [6, 6.07) is 0. The molecule has 0 aromatic carbocycles. The van der Waals surface area contributed by atoms with Crippen LogP contribution in [0.1, 0.15) is 13.8 Å². The third-order valence-electron chi connectivity index (χ3n) is 3.88. The molecule has 2 fully saturated rings. The van der Waals surface area contributed by atoms with Gasteiger partial charge < -0.3 is 10.6 Å². The molecule has 0 aromatic heterocycles. The summed E-state index contributed by atoms with van der Waals surface area (Å²) in [5.41, 5.74) is 0. The van der Waals surface area contributed by atoms with Gasteiger partial charge in [0.25, 0.3) is 0 Å². The highest BCUT2D eigenvalue weighted by atomic mass is 35.5. The molecule has 0 amide bonds. The topological polar surface area (TPSA) is 24.1 Å². The highest BCUT2D eigenvalue weighted by Crippen LogP contribution is 2.34. The van der Waals surface area contributed by atoms with Crippen molar-refractivity contribution in [3.8, 4) is 0 Å². The number of rotatable bonds is 0. The zero-order chi connectivity index (χ0) is 15.6. The van der Waals surface area contributed by atoms with Crippen molar-refractivity contribution in [1.29, 1.82) is 0 Å². The maximum atomic E-state index is 12.0. The molecule has 4 atom stereocenters. The van der Waals surface area contributed by atoms with E-state index in [0.29, 0.717) is 13.1 Å². The molecule has 2 aliphatic rings. The Morgan fingerprint density at radius 1 is 0.636 bits per heavy atom. The van der Waals surface area contributed by atoms with Gasteiger partial charge in [-0.2, -0.15) is 26.3 Å². The van der Waals surface area contributed by atoms with Crippen LogP contribution in [-0.4, -0.2) is 38.5 Å². The van der Waals surface area contributed by atoms with Gasteiger partial charge in [-0.05, 0) is 24.9 Å². The standard InChI is InChI=1S/2C6H10F3N.2ClH/c2*1-4-2-10-3-5(4)6(7,8)9;;/h2*4-5,10H,2-3H2,1H3;2*1H/t2*4-,5-;;/m10../s1. The highest BCUT2D eigenvalue weighted by Gasteiger charge is 2.45. The lowest BCUT2D eigenvalue weighted by atomic mass is 9.98. The zero-order valence-electron chi connectivity index (χ0n) is 12.2. The molecule has 10 heteroatoms. The van der Waals surface area contributed by atoms with Gasteiger partial charge in [0.15, 0.2) is 0 Å². The number of hydrogen-bond acceptors (Lipinski definition) is 2. The quantitative estimate of drug-likeness (QED) is 0.628. The predicted octanol–water partition coefficient (Wildman–Crippen LogP) is 3.65. The monoisotopic (exact) mass is 378 g/mol. The first-order chi connectivity index (χ1) is 9.03. The van der Waals surface area contributed by atoms with Gasteiger partial charge in [0.1, 0.15) is 0 Å². The van der Waals surface area contributed by atoms with Gasteiger partial charge in [0.05, 0.1) is 11.8 Å². The number of hydrogen-bond donors (Lipinski definition) is 2. The van der Waals surface area contributed by atoms with Crippen molar-refractivity contribution in [1.82, 2.24) is 10.6 Å². The molecule has 0 radical (unpaired) electrons. The van der Waals surface area contributed by atoms with Gasteiger partial charge in [-0.3, -0.25) is 0 Å². The van der Waals surface area contributed by atoms with E-state index in [0.717, 1.165) is 0 Å². The maximum Gasteiger partial charge on any atom is 0.393 e. The van der Waals surface area contributed by atoms with Crippen molar-refractivity contribution in [3.63, 3.8) is 0 Å². The molecule has 2 nitrogen and oxygen atoms in total. The van der Waals surface area contributed by atoms with E-state index in [1.54, 1.807) is 13.8 Å². The van der Waals surface area contributed by atoms with Crippen molar-refractivity contribution in [2.24, 2.45) is 23.7 Å². The van der Waals surface area contributed by atoms with Gasteiger partial charge >= 0.3 is 12.4 Å². The fourth-order valence-corrected chi connectivity index (χ4v) is 2.50. The van der Waals surface area contributed by atoms with E-state index in [9.17, 15) is 26.3 Å². The van der Waals surface area contributed by atoms with Crippen molar-refractivity contribution in [2.75, 3.05) is 26.2 Å². The molecular weight excluding hydrogens is 357 g/mol. The van der Waals surface area contributed by atoms with Gasteiger partial charge in [0.2, 0.25) is 0 Å². The summed E-state index contributed by atoms with van der Waals surface area (Å²) in [7, 11) is 0. The van der Waals surface area contributed by atoms with Crippen molar-refractivity contribution >= 4 is 24.8 Å². The summed E-state index contributed by atoms with van der Waals surface area (Å²) in [5.74, 6) is -2.79. The van der Waals surface area contributed by atoms with Crippen LogP contribution < -0.4 is 10.6 Å². The van der Waals surface area contributed by atoms with Crippen LogP contribution in [0.5, 0.6) is 0 Å². The third kappa shape index (κ3) is 7.10. The van der Waals surface area contributed by atoms with E-state index in [-0.39, 0.29) is 49.7 Å². The molecule has 2 N–H and O–H groups in total. The van der Waals surface area contributed by atoms with E-state index in [1.165, 1.54) is 0 Å². The van der Waals surface area contributed by atoms with Crippen LogP contribution in [0.15, 0.2) is 0 Å². The predicted molar refractivity (Wildman–Crippen MR) is 77.7 cm³/mol. The second-order valence-electron chi connectivity index (χ2n) is 5.57. The van der Waals surface area contributed by atoms with Gasteiger partial charge in [-0.1, -0.05) is 13.8 Å². The highest BCUT2D eigenvalue weighted by molar-refractivity contribution is 5.85. The van der Waals surface area contributed by atoms with Crippen LogP contribution in [-0.2, 0) is 0 Å². The lowest BCUT2D eigenvalue weighted by Gasteiger charge is -2.17. The minimum absolute atomic E-state index is 0. The van der Waals surface area contributed by atoms with E-state index in [1.807, 2.05) is 0 Å². The molecular formula is C12H22Cl2F6N2. The Labute approximate surface area is 138 Å². The fourth-order valence-electron chi connectivity index (χ4n) is 2.50. The minimum Gasteiger partial charge on any atom is -0.316 e. The second-order valence-corrected chi connectivity index (χ2v) is 5.57. The van der Waals surface area contributed by atoms with E-state index >= 15 is 0 Å². The Morgan fingerprint density at radius 2 is 0.909 bits per heavy atom. The summed E-state index contributed by atoms with van der Waals surface area (Å²) in [6.07, 6.45) is -8.02. The van der Waals surface area contributed by atoms with Crippen LogP contribution in [0, 0.1) is 23.7 Å². The van der Waals surface area contributed by atoms with Crippen LogP contribution >= 0.6 is 24.8 Å². The number of halogens is 8. The van der Waals surface area contributed by atoms with Gasteiger partial charge in [0, 0.05) is 13.1 Å². The second kappa shape index (κ2) is 9.39. The molecule has 136 valence electrons. The first kappa shape index (κ1) is 24.3. The summed E-state index contributed by atoms with van der Waals surface area (Å²) < 4.78 is 71.8. The van der Waals surface area contributed by atoms with E-state index < -0.39 is 24.2 Å². The van der Waals surface area contributed by atoms with Crippen molar-refractivity contribution in [2.45, 2.75) is 26.2 Å². The summed E-state index contributed by atoms with van der Waals surface area (Å²) >= 11 is 0. The number of alkyl halides is 6. The van der Waals surface area contributed by atoms with E-state index in [4.69, 9.17) is 0 Å². The normalized spacial score (nSPS) is 31.6. The smallest absolute Gasteiger partial charge is 0.316 e. The molecule has 0 spiro atoms. The van der Waals surface area contributed by atoms with Gasteiger partial charge in [-0.15, -0.1) is 24.8 Å². The number of nitrogens with one attached hydrogen (secondary N) is 2. The largest absolute Gasteiger partial charge is 0.393 e.